The van der Waals surface area contributed by atoms with E-state index in [0.717, 1.165) is 19.3 Å². The van der Waals surface area contributed by atoms with Crippen LogP contribution in [0.1, 0.15) is 43.5 Å². The fourth-order valence-corrected chi connectivity index (χ4v) is 1.68. The molecule has 3 nitrogen and oxygen atoms in total. The molecule has 1 amide bonds. The number of carbonyl (C=O) groups excluding carboxylic acids is 1. The van der Waals surface area contributed by atoms with Crippen molar-refractivity contribution in [1.82, 2.24) is 5.32 Å². The topological polar surface area (TPSA) is 55.1 Å². The normalized spacial score (nSPS) is 12.2. The van der Waals surface area contributed by atoms with Crippen LogP contribution in [0, 0.1) is 5.82 Å². The van der Waals surface area contributed by atoms with Crippen molar-refractivity contribution in [2.45, 2.75) is 39.2 Å². The highest BCUT2D eigenvalue weighted by atomic mass is 19.1. The van der Waals surface area contributed by atoms with E-state index in [-0.39, 0.29) is 17.6 Å². The van der Waals surface area contributed by atoms with Crippen molar-refractivity contribution in [3.8, 4) is 0 Å². The first-order valence-electron chi connectivity index (χ1n) is 5.94. The maximum Gasteiger partial charge on any atom is 0.251 e. The number of amides is 1. The number of nitrogen functional groups attached to an aromatic ring is 1. The Kier molecular flexibility index (Phi) is 4.94. The summed E-state index contributed by atoms with van der Waals surface area (Å²) in [6.45, 7) is 4.10. The zero-order valence-corrected chi connectivity index (χ0v) is 10.3. The van der Waals surface area contributed by atoms with Gasteiger partial charge in [-0.1, -0.05) is 20.3 Å². The molecular formula is C13H19FN2O. The van der Waals surface area contributed by atoms with Crippen molar-refractivity contribution < 1.29 is 9.18 Å². The van der Waals surface area contributed by atoms with E-state index in [1.165, 1.54) is 18.2 Å². The Labute approximate surface area is 101 Å². The zero-order valence-electron chi connectivity index (χ0n) is 10.3. The van der Waals surface area contributed by atoms with Gasteiger partial charge >= 0.3 is 0 Å². The van der Waals surface area contributed by atoms with Crippen LogP contribution in [-0.4, -0.2) is 11.9 Å². The van der Waals surface area contributed by atoms with Crippen LogP contribution in [0.4, 0.5) is 10.1 Å². The van der Waals surface area contributed by atoms with Crippen LogP contribution < -0.4 is 11.1 Å². The average Bonchev–Trinajstić information content (AvgIpc) is 2.31. The van der Waals surface area contributed by atoms with Gasteiger partial charge in [-0.3, -0.25) is 4.79 Å². The molecule has 0 aromatic heterocycles. The lowest BCUT2D eigenvalue weighted by Crippen LogP contribution is -2.34. The van der Waals surface area contributed by atoms with Gasteiger partial charge in [-0.25, -0.2) is 4.39 Å². The van der Waals surface area contributed by atoms with Gasteiger partial charge in [0.25, 0.3) is 5.91 Å². The second-order valence-electron chi connectivity index (χ2n) is 4.10. The Bertz CT molecular complexity index is 393. The molecule has 0 spiro atoms. The third-order valence-corrected chi connectivity index (χ3v) is 2.72. The van der Waals surface area contributed by atoms with Gasteiger partial charge in [-0.2, -0.15) is 0 Å². The number of rotatable bonds is 5. The second kappa shape index (κ2) is 6.23. The van der Waals surface area contributed by atoms with E-state index in [1.807, 2.05) is 6.92 Å². The van der Waals surface area contributed by atoms with Crippen LogP contribution in [-0.2, 0) is 0 Å². The summed E-state index contributed by atoms with van der Waals surface area (Å²) in [5.74, 6) is -0.695. The summed E-state index contributed by atoms with van der Waals surface area (Å²) in [4.78, 5) is 11.9. The minimum absolute atomic E-state index is 0.00110. The number of carbonyl (C=O) groups is 1. The minimum Gasteiger partial charge on any atom is -0.396 e. The van der Waals surface area contributed by atoms with Crippen LogP contribution in [0.25, 0.3) is 0 Å². The van der Waals surface area contributed by atoms with Gasteiger partial charge in [-0.05, 0) is 31.0 Å². The molecule has 1 aromatic carbocycles. The SMILES string of the molecule is CCCC(CC)NC(=O)c1ccc(F)c(N)c1. The molecule has 1 atom stereocenters. The molecule has 0 aliphatic rings. The quantitative estimate of drug-likeness (QED) is 0.775. The van der Waals surface area contributed by atoms with E-state index >= 15 is 0 Å². The molecule has 0 saturated carbocycles. The number of hydrogen-bond donors (Lipinski definition) is 2. The summed E-state index contributed by atoms with van der Waals surface area (Å²) in [7, 11) is 0. The Morgan fingerprint density at radius 1 is 1.47 bits per heavy atom. The molecule has 0 heterocycles. The highest BCUT2D eigenvalue weighted by molar-refractivity contribution is 5.95. The van der Waals surface area contributed by atoms with Crippen molar-refractivity contribution in [3.05, 3.63) is 29.6 Å². The number of nitrogens with one attached hydrogen (secondary N) is 1. The van der Waals surface area contributed by atoms with E-state index in [2.05, 4.69) is 12.2 Å². The first kappa shape index (κ1) is 13.5. The van der Waals surface area contributed by atoms with E-state index in [9.17, 15) is 9.18 Å². The fraction of sp³-hybridized carbons (Fsp3) is 0.462. The van der Waals surface area contributed by atoms with Gasteiger partial charge < -0.3 is 11.1 Å². The Morgan fingerprint density at radius 2 is 2.18 bits per heavy atom. The molecule has 1 aromatic rings. The minimum atomic E-state index is -0.498. The number of halogens is 1. The summed E-state index contributed by atoms with van der Waals surface area (Å²) in [5, 5.41) is 2.91. The lowest BCUT2D eigenvalue weighted by Gasteiger charge is -2.16. The Balaban J connectivity index is 2.72. The van der Waals surface area contributed by atoms with Gasteiger partial charge in [0.05, 0.1) is 5.69 Å². The smallest absolute Gasteiger partial charge is 0.251 e. The van der Waals surface area contributed by atoms with E-state index < -0.39 is 5.82 Å². The number of nitrogens with two attached hydrogens (primary N) is 1. The Hall–Kier alpha value is -1.58. The van der Waals surface area contributed by atoms with Gasteiger partial charge in [0, 0.05) is 11.6 Å². The maximum atomic E-state index is 13.0. The molecule has 0 bridgehead atoms. The van der Waals surface area contributed by atoms with Crippen molar-refractivity contribution in [3.63, 3.8) is 0 Å². The van der Waals surface area contributed by atoms with Crippen LogP contribution in [0.2, 0.25) is 0 Å². The van der Waals surface area contributed by atoms with Crippen LogP contribution in [0.15, 0.2) is 18.2 Å². The van der Waals surface area contributed by atoms with Crippen molar-refractivity contribution in [2.24, 2.45) is 0 Å². The largest absolute Gasteiger partial charge is 0.396 e. The van der Waals surface area contributed by atoms with Crippen molar-refractivity contribution in [1.29, 1.82) is 0 Å². The molecule has 0 saturated heterocycles. The molecule has 4 heteroatoms. The van der Waals surface area contributed by atoms with E-state index in [4.69, 9.17) is 5.73 Å². The third kappa shape index (κ3) is 3.73. The molecule has 17 heavy (non-hydrogen) atoms. The van der Waals surface area contributed by atoms with Crippen LogP contribution >= 0.6 is 0 Å². The van der Waals surface area contributed by atoms with Gasteiger partial charge in [0.2, 0.25) is 0 Å². The average molecular weight is 238 g/mol. The van der Waals surface area contributed by atoms with Crippen LogP contribution in [0.3, 0.4) is 0 Å². The van der Waals surface area contributed by atoms with Crippen LogP contribution in [0.5, 0.6) is 0 Å². The van der Waals surface area contributed by atoms with E-state index in [0.29, 0.717) is 5.56 Å². The lowest BCUT2D eigenvalue weighted by molar-refractivity contribution is 0.0933. The number of benzene rings is 1. The summed E-state index contributed by atoms with van der Waals surface area (Å²) >= 11 is 0. The fourth-order valence-electron chi connectivity index (χ4n) is 1.68. The molecule has 0 fully saturated rings. The Morgan fingerprint density at radius 3 is 2.71 bits per heavy atom. The first-order valence-corrected chi connectivity index (χ1v) is 5.94. The number of hydrogen-bond acceptors (Lipinski definition) is 2. The maximum absolute atomic E-state index is 13.0. The zero-order chi connectivity index (χ0) is 12.8. The highest BCUT2D eigenvalue weighted by Gasteiger charge is 2.12. The first-order chi connectivity index (χ1) is 8.08. The van der Waals surface area contributed by atoms with Gasteiger partial charge in [0.1, 0.15) is 5.82 Å². The molecule has 3 N–H and O–H groups in total. The predicted octanol–water partition coefficient (Wildman–Crippen LogP) is 2.72. The molecule has 0 aliphatic heterocycles. The second-order valence-corrected chi connectivity index (χ2v) is 4.10. The molecule has 0 aliphatic carbocycles. The molecular weight excluding hydrogens is 219 g/mol. The van der Waals surface area contributed by atoms with Crippen molar-refractivity contribution in [2.75, 3.05) is 5.73 Å². The summed E-state index contributed by atoms with van der Waals surface area (Å²) in [6, 6.07) is 4.19. The third-order valence-electron chi connectivity index (χ3n) is 2.72. The standard InChI is InChI=1S/C13H19FN2O/c1-3-5-10(4-2)16-13(17)9-6-7-11(14)12(15)8-9/h6-8,10H,3-5,15H2,1-2H3,(H,16,17). The summed E-state index contributed by atoms with van der Waals surface area (Å²) in [6.07, 6.45) is 2.85. The van der Waals surface area contributed by atoms with Gasteiger partial charge in [-0.15, -0.1) is 0 Å². The molecule has 1 unspecified atom stereocenters. The summed E-state index contributed by atoms with van der Waals surface area (Å²) in [5.41, 5.74) is 5.83. The molecule has 94 valence electrons. The summed E-state index contributed by atoms with van der Waals surface area (Å²) < 4.78 is 13.0. The monoisotopic (exact) mass is 238 g/mol. The lowest BCUT2D eigenvalue weighted by atomic mass is 10.1. The highest BCUT2D eigenvalue weighted by Crippen LogP contribution is 2.12. The predicted molar refractivity (Wildman–Crippen MR) is 67.3 cm³/mol. The number of anilines is 1. The van der Waals surface area contributed by atoms with Gasteiger partial charge in [0.15, 0.2) is 0 Å². The molecule has 1 rings (SSSR count). The van der Waals surface area contributed by atoms with Crippen molar-refractivity contribution >= 4 is 11.6 Å². The van der Waals surface area contributed by atoms with E-state index in [1.54, 1.807) is 0 Å². The molecule has 0 radical (unpaired) electrons.